The molecule has 30 heavy (non-hydrogen) atoms. The van der Waals surface area contributed by atoms with Crippen molar-refractivity contribution in [2.75, 3.05) is 20.3 Å². The molecule has 0 fully saturated rings. The van der Waals surface area contributed by atoms with Gasteiger partial charge in [0, 0.05) is 6.54 Å². The van der Waals surface area contributed by atoms with Gasteiger partial charge in [-0.3, -0.25) is 9.59 Å². The number of benzene rings is 3. The average Bonchev–Trinajstić information content (AvgIpc) is 2.77. The normalized spacial score (nSPS) is 11.7. The van der Waals surface area contributed by atoms with Gasteiger partial charge in [0.2, 0.25) is 0 Å². The van der Waals surface area contributed by atoms with Gasteiger partial charge in [0.15, 0.2) is 6.61 Å². The Morgan fingerprint density at radius 2 is 1.70 bits per heavy atom. The molecule has 3 aromatic rings. The maximum Gasteiger partial charge on any atom is 0.313 e. The molecule has 0 aliphatic heterocycles. The Labute approximate surface area is 174 Å². The smallest absolute Gasteiger partial charge is 0.313 e. The summed E-state index contributed by atoms with van der Waals surface area (Å²) in [5.74, 6) is -0.855. The van der Waals surface area contributed by atoms with Gasteiger partial charge < -0.3 is 14.8 Å². The molecule has 3 aromatic carbocycles. The molecule has 0 saturated heterocycles. The third-order valence-electron chi connectivity index (χ3n) is 4.92. The summed E-state index contributed by atoms with van der Waals surface area (Å²) in [4.78, 5) is 24.3. The second kappa shape index (κ2) is 9.87. The molecule has 0 unspecified atom stereocenters. The van der Waals surface area contributed by atoms with Crippen molar-refractivity contribution >= 4 is 22.6 Å². The van der Waals surface area contributed by atoms with E-state index in [1.807, 2.05) is 36.4 Å². The highest BCUT2D eigenvalue weighted by atomic mass is 19.1. The fraction of sp³-hybridized carbons (Fsp3) is 0.250. The van der Waals surface area contributed by atoms with Crippen molar-refractivity contribution in [1.29, 1.82) is 0 Å². The van der Waals surface area contributed by atoms with Crippen LogP contribution in [0.3, 0.4) is 0 Å². The van der Waals surface area contributed by atoms with Crippen LogP contribution in [0.15, 0.2) is 60.7 Å². The standard InChI is InChI=1S/C24H24FNO4/c1-16(18-5-6-20-14-22(29-2)10-7-19(20)13-18)24(28)30-15-23(27)26-12-11-17-3-8-21(25)9-4-17/h3-10,13-14,16H,11-12,15H2,1-2H3,(H,26,27)/t16-/m0/s1. The molecule has 0 aliphatic rings. The van der Waals surface area contributed by atoms with E-state index in [1.165, 1.54) is 12.1 Å². The number of halogens is 1. The van der Waals surface area contributed by atoms with Crippen LogP contribution in [0, 0.1) is 5.82 Å². The molecule has 1 atom stereocenters. The van der Waals surface area contributed by atoms with Crippen molar-refractivity contribution in [3.8, 4) is 5.75 Å². The minimum absolute atomic E-state index is 0.296. The summed E-state index contributed by atoms with van der Waals surface area (Å²) in [6.07, 6.45) is 0.568. The number of rotatable bonds is 8. The molecule has 0 heterocycles. The van der Waals surface area contributed by atoms with Crippen LogP contribution in [-0.2, 0) is 20.7 Å². The number of esters is 1. The highest BCUT2D eigenvalue weighted by Crippen LogP contribution is 2.25. The lowest BCUT2D eigenvalue weighted by Gasteiger charge is -2.13. The maximum absolute atomic E-state index is 12.9. The summed E-state index contributed by atoms with van der Waals surface area (Å²) in [5, 5.41) is 4.70. The van der Waals surface area contributed by atoms with Crippen molar-refractivity contribution in [3.05, 3.63) is 77.6 Å². The topological polar surface area (TPSA) is 64.6 Å². The summed E-state index contributed by atoms with van der Waals surface area (Å²) in [6, 6.07) is 17.6. The molecule has 0 saturated carbocycles. The third-order valence-corrected chi connectivity index (χ3v) is 4.92. The predicted octanol–water partition coefficient (Wildman–Crippen LogP) is 3.99. The van der Waals surface area contributed by atoms with E-state index < -0.39 is 11.9 Å². The van der Waals surface area contributed by atoms with Crippen LogP contribution in [0.25, 0.3) is 10.8 Å². The second-order valence-electron chi connectivity index (χ2n) is 7.03. The van der Waals surface area contributed by atoms with E-state index in [9.17, 15) is 14.0 Å². The predicted molar refractivity (Wildman–Crippen MR) is 113 cm³/mol. The number of amides is 1. The van der Waals surface area contributed by atoms with Gasteiger partial charge >= 0.3 is 5.97 Å². The van der Waals surface area contributed by atoms with E-state index >= 15 is 0 Å². The maximum atomic E-state index is 12.9. The Kier molecular flexibility index (Phi) is 7.01. The molecule has 0 aromatic heterocycles. The van der Waals surface area contributed by atoms with Crippen molar-refractivity contribution in [2.24, 2.45) is 0 Å². The number of hydrogen-bond donors (Lipinski definition) is 1. The van der Waals surface area contributed by atoms with Crippen LogP contribution in [0.4, 0.5) is 4.39 Å². The number of ether oxygens (including phenoxy) is 2. The number of carbonyl (C=O) groups is 2. The van der Waals surface area contributed by atoms with E-state index in [4.69, 9.17) is 9.47 Å². The number of hydrogen-bond acceptors (Lipinski definition) is 4. The molecule has 1 N–H and O–H groups in total. The number of carbonyl (C=O) groups excluding carboxylic acids is 2. The zero-order valence-corrected chi connectivity index (χ0v) is 17.0. The number of methoxy groups -OCH3 is 1. The summed E-state index contributed by atoms with van der Waals surface area (Å²) in [5.41, 5.74) is 1.73. The largest absolute Gasteiger partial charge is 0.497 e. The highest BCUT2D eigenvalue weighted by molar-refractivity contribution is 5.87. The molecule has 3 rings (SSSR count). The van der Waals surface area contributed by atoms with Crippen LogP contribution >= 0.6 is 0 Å². The average molecular weight is 409 g/mol. The molecule has 0 aliphatic carbocycles. The highest BCUT2D eigenvalue weighted by Gasteiger charge is 2.18. The first-order valence-corrected chi connectivity index (χ1v) is 9.72. The van der Waals surface area contributed by atoms with Crippen molar-refractivity contribution < 1.29 is 23.5 Å². The number of nitrogens with one attached hydrogen (secondary N) is 1. The summed E-state index contributed by atoms with van der Waals surface area (Å²) in [6.45, 7) is 1.79. The van der Waals surface area contributed by atoms with E-state index in [0.717, 1.165) is 27.6 Å². The van der Waals surface area contributed by atoms with E-state index in [2.05, 4.69) is 5.32 Å². The lowest BCUT2D eigenvalue weighted by molar-refractivity contribution is -0.149. The molecule has 5 nitrogen and oxygen atoms in total. The Bertz CT molecular complexity index is 1030. The van der Waals surface area contributed by atoms with E-state index in [-0.39, 0.29) is 18.3 Å². The van der Waals surface area contributed by atoms with Gasteiger partial charge in [-0.25, -0.2) is 4.39 Å². The van der Waals surface area contributed by atoms with Gasteiger partial charge in [-0.05, 0) is 59.5 Å². The molecule has 0 radical (unpaired) electrons. The lowest BCUT2D eigenvalue weighted by Crippen LogP contribution is -2.31. The molecule has 156 valence electrons. The van der Waals surface area contributed by atoms with Gasteiger partial charge in [0.1, 0.15) is 11.6 Å². The van der Waals surface area contributed by atoms with Gasteiger partial charge in [0.25, 0.3) is 5.91 Å². The minimum atomic E-state index is -0.497. The lowest BCUT2D eigenvalue weighted by atomic mass is 9.98. The fourth-order valence-corrected chi connectivity index (χ4v) is 3.08. The van der Waals surface area contributed by atoms with Gasteiger partial charge in [-0.15, -0.1) is 0 Å². The SMILES string of the molecule is COc1ccc2cc([C@H](C)C(=O)OCC(=O)NCCc3ccc(F)cc3)ccc2c1. The quantitative estimate of drug-likeness (QED) is 0.572. The minimum Gasteiger partial charge on any atom is -0.497 e. The molecular formula is C24H24FNO4. The van der Waals surface area contributed by atoms with Crippen LogP contribution in [-0.4, -0.2) is 32.1 Å². The van der Waals surface area contributed by atoms with Gasteiger partial charge in [-0.2, -0.15) is 0 Å². The van der Waals surface area contributed by atoms with Gasteiger partial charge in [0.05, 0.1) is 13.0 Å². The van der Waals surface area contributed by atoms with Gasteiger partial charge in [-0.1, -0.05) is 36.4 Å². The molecule has 0 bridgehead atoms. The molecular weight excluding hydrogens is 385 g/mol. The Morgan fingerprint density at radius 3 is 2.43 bits per heavy atom. The van der Waals surface area contributed by atoms with E-state index in [0.29, 0.717) is 13.0 Å². The second-order valence-corrected chi connectivity index (χ2v) is 7.03. The first-order valence-electron chi connectivity index (χ1n) is 9.72. The van der Waals surface area contributed by atoms with Crippen LogP contribution in [0.1, 0.15) is 24.0 Å². The van der Waals surface area contributed by atoms with Crippen LogP contribution in [0.5, 0.6) is 5.75 Å². The molecule has 1 amide bonds. The van der Waals surface area contributed by atoms with E-state index in [1.54, 1.807) is 26.2 Å². The first kappa shape index (κ1) is 21.3. The zero-order valence-electron chi connectivity index (χ0n) is 17.0. The zero-order chi connectivity index (χ0) is 21.5. The molecule has 6 heteroatoms. The Balaban J connectivity index is 1.48. The molecule has 0 spiro atoms. The summed E-state index contributed by atoms with van der Waals surface area (Å²) < 4.78 is 23.3. The number of fused-ring (bicyclic) bond motifs is 1. The van der Waals surface area contributed by atoms with Crippen LogP contribution < -0.4 is 10.1 Å². The Morgan fingerprint density at radius 1 is 1.00 bits per heavy atom. The third kappa shape index (κ3) is 5.56. The van der Waals surface area contributed by atoms with Crippen LogP contribution in [0.2, 0.25) is 0 Å². The fourth-order valence-electron chi connectivity index (χ4n) is 3.08. The Hall–Kier alpha value is -3.41. The summed E-state index contributed by atoms with van der Waals surface area (Å²) in [7, 11) is 1.62. The monoisotopic (exact) mass is 409 g/mol. The van der Waals surface area contributed by atoms with Crippen molar-refractivity contribution in [2.45, 2.75) is 19.3 Å². The summed E-state index contributed by atoms with van der Waals surface area (Å²) >= 11 is 0. The van der Waals surface area contributed by atoms with Crippen molar-refractivity contribution in [1.82, 2.24) is 5.32 Å². The first-order chi connectivity index (χ1) is 14.5. The van der Waals surface area contributed by atoms with Crippen molar-refractivity contribution in [3.63, 3.8) is 0 Å².